The number of amides is 3. The number of fused-ring (bicyclic) bond motifs is 2. The van der Waals surface area contributed by atoms with Crippen LogP contribution < -0.4 is 35.1 Å². The summed E-state index contributed by atoms with van der Waals surface area (Å²) in [5.41, 5.74) is 2.69. The maximum Gasteiger partial charge on any atom is 0.264 e. The van der Waals surface area contributed by atoms with Crippen LogP contribution in [0, 0.1) is 5.92 Å². The zero-order valence-corrected chi connectivity index (χ0v) is 37.5. The molecule has 5 saturated heterocycles. The Labute approximate surface area is 370 Å². The Morgan fingerprint density at radius 1 is 0.683 bits per heavy atom. The molecule has 0 unspecified atom stereocenters. The van der Waals surface area contributed by atoms with Crippen LogP contribution in [0.3, 0.4) is 0 Å². The molecular formula is C49H59N7O6Si. The van der Waals surface area contributed by atoms with Crippen molar-refractivity contribution in [3.05, 3.63) is 114 Å². The van der Waals surface area contributed by atoms with Gasteiger partial charge in [0.15, 0.2) is 13.9 Å². The van der Waals surface area contributed by atoms with E-state index in [-0.39, 0.29) is 36.4 Å². The number of benzene rings is 4. The van der Waals surface area contributed by atoms with Crippen molar-refractivity contribution in [3.8, 4) is 0 Å². The van der Waals surface area contributed by atoms with E-state index in [1.165, 1.54) is 0 Å². The molecule has 330 valence electrons. The largest absolute Gasteiger partial charge is 0.432 e. The Bertz CT molecular complexity index is 2370. The van der Waals surface area contributed by atoms with Crippen molar-refractivity contribution in [2.45, 2.75) is 87.0 Å². The number of aliphatic hydroxyl groups excluding tert-OH is 1. The third kappa shape index (κ3) is 6.54. The van der Waals surface area contributed by atoms with E-state index in [0.29, 0.717) is 49.5 Å². The fraction of sp³-hybridized carbons (Fsp3) is 0.449. The van der Waals surface area contributed by atoms with E-state index < -0.39 is 37.0 Å². The summed E-state index contributed by atoms with van der Waals surface area (Å²) >= 11 is 0. The van der Waals surface area contributed by atoms with Crippen molar-refractivity contribution < 1.29 is 29.0 Å². The van der Waals surface area contributed by atoms with Gasteiger partial charge in [-0.15, -0.1) is 0 Å². The maximum atomic E-state index is 15.4. The Morgan fingerprint density at radius 3 is 1.70 bits per heavy atom. The van der Waals surface area contributed by atoms with Gasteiger partial charge >= 0.3 is 0 Å². The SMILES string of the molecule is C[C@H]1[C@H]([Si](C)(C)O)[C@@H](CCO)O[C@]12C(=O)N(Cc1ccc(N3CN(c4ccccc4)C4(CCNCC4)C3=O)cc1)c1ccc(N3CN(c4ccccc4)C4(CCNCC4)C3=O)cc12. The highest BCUT2D eigenvalue weighted by Crippen LogP contribution is 2.60. The standard InChI is InChI=1S/C49H59N7O6Si/c1-34-43(63(2,3)61)42(20-29-57)62-49(34)40-30-39(54-33-56(38-12-8-5-9-13-38)48(45(54)59)23-27-51-28-24-48)18-19-41(40)52(46(49)60)31-35-14-16-36(17-15-35)53-32-55(37-10-6-4-7-11-37)47(44(53)58)21-25-50-26-22-47/h4-19,30,34,42-43,50-51,57,61H,20-29,31-33H2,1-3H3/t34-,42+,43-,49+/m0/s1. The smallest absolute Gasteiger partial charge is 0.264 e. The minimum atomic E-state index is -2.94. The van der Waals surface area contributed by atoms with Gasteiger partial charge < -0.3 is 40.0 Å². The summed E-state index contributed by atoms with van der Waals surface area (Å²) < 4.78 is 7.00. The zero-order chi connectivity index (χ0) is 43.7. The Morgan fingerprint density at radius 2 is 1.19 bits per heavy atom. The van der Waals surface area contributed by atoms with Gasteiger partial charge in [-0.3, -0.25) is 24.2 Å². The first-order valence-electron chi connectivity index (χ1n) is 22.7. The summed E-state index contributed by atoms with van der Waals surface area (Å²) in [6, 6.07) is 34.1. The number of anilines is 5. The van der Waals surface area contributed by atoms with Crippen molar-refractivity contribution in [2.24, 2.45) is 5.92 Å². The molecule has 0 aromatic heterocycles. The molecule has 0 saturated carbocycles. The lowest BCUT2D eigenvalue weighted by molar-refractivity contribution is -0.146. The van der Waals surface area contributed by atoms with Crippen molar-refractivity contribution in [1.29, 1.82) is 0 Å². The summed E-state index contributed by atoms with van der Waals surface area (Å²) in [7, 11) is -2.94. The number of hydrogen-bond donors (Lipinski definition) is 4. The molecule has 4 N–H and O–H groups in total. The second-order valence-corrected chi connectivity index (χ2v) is 22.9. The highest BCUT2D eigenvalue weighted by atomic mass is 28.4. The minimum absolute atomic E-state index is 0.0397. The molecule has 6 aliphatic heterocycles. The van der Waals surface area contributed by atoms with Crippen LogP contribution in [-0.4, -0.2) is 99.2 Å². The first-order chi connectivity index (χ1) is 30.4. The molecule has 4 atom stereocenters. The van der Waals surface area contributed by atoms with Crippen molar-refractivity contribution in [2.75, 3.05) is 70.6 Å². The number of piperidine rings is 2. The lowest BCUT2D eigenvalue weighted by Gasteiger charge is -2.39. The Hall–Kier alpha value is -5.09. The van der Waals surface area contributed by atoms with E-state index in [4.69, 9.17) is 4.74 Å². The van der Waals surface area contributed by atoms with Gasteiger partial charge in [-0.25, -0.2) is 0 Å². The minimum Gasteiger partial charge on any atom is -0.432 e. The number of aliphatic hydroxyl groups is 1. The topological polar surface area (TPSA) is 141 Å². The molecule has 0 bridgehead atoms. The van der Waals surface area contributed by atoms with Crippen LogP contribution in [0.15, 0.2) is 103 Å². The fourth-order valence-electron chi connectivity index (χ4n) is 12.1. The summed E-state index contributed by atoms with van der Waals surface area (Å²) in [6.07, 6.45) is 2.55. The molecular weight excluding hydrogens is 811 g/mol. The van der Waals surface area contributed by atoms with Gasteiger partial charge in [0.25, 0.3) is 17.7 Å². The van der Waals surface area contributed by atoms with Gasteiger partial charge in [-0.1, -0.05) is 55.5 Å². The maximum absolute atomic E-state index is 15.4. The predicted molar refractivity (Wildman–Crippen MR) is 247 cm³/mol. The molecule has 3 amide bonds. The molecule has 0 radical (unpaired) electrons. The fourth-order valence-corrected chi connectivity index (χ4v) is 14.7. The molecule has 4 aromatic carbocycles. The first-order valence-corrected chi connectivity index (χ1v) is 25.7. The van der Waals surface area contributed by atoms with Crippen LogP contribution in [0.2, 0.25) is 18.6 Å². The molecule has 4 aromatic rings. The van der Waals surface area contributed by atoms with Gasteiger partial charge in [0, 0.05) is 46.4 Å². The van der Waals surface area contributed by atoms with E-state index in [9.17, 15) is 19.5 Å². The summed E-state index contributed by atoms with van der Waals surface area (Å²) in [6.45, 7) is 9.71. The molecule has 10 rings (SSSR count). The number of para-hydroxylation sites is 2. The molecule has 14 heteroatoms. The van der Waals surface area contributed by atoms with Gasteiger partial charge in [-0.2, -0.15) is 0 Å². The number of nitrogens with zero attached hydrogens (tertiary/aromatic N) is 5. The van der Waals surface area contributed by atoms with Crippen LogP contribution in [0.5, 0.6) is 0 Å². The Kier molecular flexibility index (Phi) is 10.5. The highest BCUT2D eigenvalue weighted by molar-refractivity contribution is 6.71. The van der Waals surface area contributed by atoms with Gasteiger partial charge in [0.1, 0.15) is 11.1 Å². The first kappa shape index (κ1) is 41.9. The van der Waals surface area contributed by atoms with Crippen molar-refractivity contribution >= 4 is 54.5 Å². The predicted octanol–water partition coefficient (Wildman–Crippen LogP) is 5.28. The molecule has 13 nitrogen and oxygen atoms in total. The number of ether oxygens (including phenoxy) is 1. The average molecular weight is 870 g/mol. The van der Waals surface area contributed by atoms with Gasteiger partial charge in [0.05, 0.1) is 31.7 Å². The average Bonchev–Trinajstić information content (AvgIpc) is 3.93. The van der Waals surface area contributed by atoms with E-state index >= 15 is 4.79 Å². The summed E-state index contributed by atoms with van der Waals surface area (Å²) in [4.78, 5) is 66.4. The highest BCUT2D eigenvalue weighted by Gasteiger charge is 2.66. The quantitative estimate of drug-likeness (QED) is 0.164. The van der Waals surface area contributed by atoms with Gasteiger partial charge in [-0.05, 0) is 132 Å². The van der Waals surface area contributed by atoms with Crippen LogP contribution >= 0.6 is 0 Å². The van der Waals surface area contributed by atoms with Crippen LogP contribution in [0.25, 0.3) is 0 Å². The van der Waals surface area contributed by atoms with Crippen molar-refractivity contribution in [3.63, 3.8) is 0 Å². The number of carbonyl (C=O) groups is 3. The second-order valence-electron chi connectivity index (χ2n) is 19.0. The van der Waals surface area contributed by atoms with E-state index in [2.05, 4.69) is 44.7 Å². The lowest BCUT2D eigenvalue weighted by Crippen LogP contribution is -2.55. The molecule has 63 heavy (non-hydrogen) atoms. The number of nitrogens with one attached hydrogen (secondary N) is 2. The van der Waals surface area contributed by atoms with E-state index in [1.54, 1.807) is 4.90 Å². The van der Waals surface area contributed by atoms with Crippen LogP contribution in [0.4, 0.5) is 28.4 Å². The number of hydrogen-bond acceptors (Lipinski definition) is 10. The molecule has 5 fully saturated rings. The molecule has 6 aliphatic rings. The third-order valence-electron chi connectivity index (χ3n) is 15.2. The lowest BCUT2D eigenvalue weighted by atomic mass is 9.82. The molecule has 3 spiro atoms. The Balaban J connectivity index is 0.998. The molecule has 0 aliphatic carbocycles. The van der Waals surface area contributed by atoms with Crippen LogP contribution in [0.1, 0.15) is 50.2 Å². The van der Waals surface area contributed by atoms with E-state index in [1.807, 2.05) is 109 Å². The molecule has 6 heterocycles. The number of carbonyl (C=O) groups excluding carboxylic acids is 3. The number of rotatable bonds is 9. The summed E-state index contributed by atoms with van der Waals surface area (Å²) in [5, 5.41) is 17.1. The van der Waals surface area contributed by atoms with Gasteiger partial charge in [0.2, 0.25) is 0 Å². The zero-order valence-electron chi connectivity index (χ0n) is 36.5. The van der Waals surface area contributed by atoms with E-state index in [0.717, 1.165) is 61.6 Å². The third-order valence-corrected chi connectivity index (χ3v) is 17.7. The second kappa shape index (κ2) is 15.9. The normalized spacial score (nSPS) is 26.6. The van der Waals surface area contributed by atoms with Crippen LogP contribution in [-0.2, 0) is 31.3 Å². The van der Waals surface area contributed by atoms with Crippen molar-refractivity contribution in [1.82, 2.24) is 10.6 Å². The monoisotopic (exact) mass is 869 g/mol. The summed E-state index contributed by atoms with van der Waals surface area (Å²) in [5.74, 6) is -0.495.